The number of rotatable bonds is 17. The van der Waals surface area contributed by atoms with Gasteiger partial charge in [0.15, 0.2) is 0 Å². The number of primary amides is 3. The van der Waals surface area contributed by atoms with Gasteiger partial charge >= 0.3 is 0 Å². The van der Waals surface area contributed by atoms with Gasteiger partial charge in [0.05, 0.1) is 27.4 Å². The highest BCUT2D eigenvalue weighted by Gasteiger charge is 2.33. The second kappa shape index (κ2) is 32.0. The van der Waals surface area contributed by atoms with Crippen molar-refractivity contribution in [3.8, 4) is 92.0 Å². The lowest BCUT2D eigenvalue weighted by Gasteiger charge is -2.32. The topological polar surface area (TPSA) is 288 Å². The minimum Gasteiger partial charge on any atom is -0.457 e. The minimum atomic E-state index is -0.650. The van der Waals surface area contributed by atoms with E-state index in [2.05, 4.69) is 35.4 Å². The van der Waals surface area contributed by atoms with Crippen molar-refractivity contribution in [3.63, 3.8) is 0 Å². The Morgan fingerprint density at radius 2 is 1.00 bits per heavy atom. The summed E-state index contributed by atoms with van der Waals surface area (Å²) in [7, 11) is 0. The maximum absolute atomic E-state index is 12.3. The number of amides is 6. The van der Waals surface area contributed by atoms with E-state index < -0.39 is 17.7 Å². The fourth-order valence-electron chi connectivity index (χ4n) is 11.5. The third kappa shape index (κ3) is 16.9. The van der Waals surface area contributed by atoms with Crippen LogP contribution < -0.4 is 37.1 Å². The predicted octanol–water partition coefficient (Wildman–Crippen LogP) is 12.1. The molecule has 0 bridgehead atoms. The molecule has 0 radical (unpaired) electrons. The van der Waals surface area contributed by atoms with Crippen LogP contribution >= 0.6 is 22.7 Å². The molecule has 6 amide bonds. The number of likely N-dealkylation sites (tertiary alicyclic amines) is 3. The molecule has 6 heterocycles. The summed E-state index contributed by atoms with van der Waals surface area (Å²) in [5.41, 5.74) is 27.3. The summed E-state index contributed by atoms with van der Waals surface area (Å²) >= 11 is 2.60. The smallest absolute Gasteiger partial charge is 0.298 e. The number of hydrogen-bond acceptors (Lipinski definition) is 15. The van der Waals surface area contributed by atoms with E-state index in [9.17, 15) is 28.8 Å². The first-order valence-electron chi connectivity index (χ1n) is 31.2. The van der Waals surface area contributed by atoms with Crippen molar-refractivity contribution in [1.29, 1.82) is 0 Å². The van der Waals surface area contributed by atoms with Gasteiger partial charge in [-0.1, -0.05) is 73.0 Å². The fraction of sp³-hybridized carbons (Fsp3) is 0.230. The zero-order valence-electron chi connectivity index (χ0n) is 53.0. The molecule has 3 fully saturated rings. The van der Waals surface area contributed by atoms with Crippen molar-refractivity contribution in [1.82, 2.24) is 34.4 Å². The molecule has 22 heteroatoms. The third-order valence-corrected chi connectivity index (χ3v) is 18.4. The zero-order chi connectivity index (χ0) is 67.7. The van der Waals surface area contributed by atoms with Gasteiger partial charge in [-0.15, -0.1) is 22.7 Å². The molecule has 0 unspecified atom stereocenters. The Hall–Kier alpha value is -11.3. The molecular weight excluding hydrogens is 1250 g/mol. The molecule has 3 aliphatic heterocycles. The van der Waals surface area contributed by atoms with Gasteiger partial charge in [-0.2, -0.15) is 5.10 Å². The van der Waals surface area contributed by atoms with Gasteiger partial charge in [0.1, 0.15) is 61.3 Å². The Morgan fingerprint density at radius 1 is 0.542 bits per heavy atom. The average Bonchev–Trinajstić information content (AvgIpc) is 1.65. The molecule has 0 saturated carbocycles. The summed E-state index contributed by atoms with van der Waals surface area (Å²) in [5.74, 6) is 12.9. The van der Waals surface area contributed by atoms with Gasteiger partial charge in [0.25, 0.3) is 29.5 Å². The van der Waals surface area contributed by atoms with E-state index >= 15 is 0 Å². The predicted molar refractivity (Wildman–Crippen MR) is 371 cm³/mol. The number of carbonyl (C=O) groups excluding carboxylic acids is 6. The van der Waals surface area contributed by atoms with Crippen molar-refractivity contribution in [2.24, 2.45) is 17.2 Å². The van der Waals surface area contributed by atoms with E-state index in [-0.39, 0.29) is 47.1 Å². The number of hydrogen-bond donors (Lipinski definition) is 4. The van der Waals surface area contributed by atoms with Crippen molar-refractivity contribution in [3.05, 3.63) is 202 Å². The monoisotopic (exact) mass is 1320 g/mol. The summed E-state index contributed by atoms with van der Waals surface area (Å²) in [6.07, 6.45) is 7.07. The molecule has 8 N–H and O–H groups in total. The minimum absolute atomic E-state index is 0.0322. The van der Waals surface area contributed by atoms with Crippen molar-refractivity contribution in [2.75, 3.05) is 38.5 Å². The first-order chi connectivity index (χ1) is 46.6. The van der Waals surface area contributed by atoms with E-state index in [4.69, 9.17) is 47.1 Å². The maximum Gasteiger partial charge on any atom is 0.298 e. The molecule has 96 heavy (non-hydrogen) atoms. The number of thiazole rings is 2. The molecule has 20 nitrogen and oxygen atoms in total. The van der Waals surface area contributed by atoms with Gasteiger partial charge in [0.2, 0.25) is 5.91 Å². The second-order valence-electron chi connectivity index (χ2n) is 22.6. The van der Waals surface area contributed by atoms with Crippen LogP contribution in [-0.2, 0) is 20.8 Å². The lowest BCUT2D eigenvalue weighted by atomic mass is 9.98. The molecule has 3 aliphatic rings. The number of piperidine rings is 2. The van der Waals surface area contributed by atoms with Gasteiger partial charge in [0, 0.05) is 67.8 Å². The quantitative estimate of drug-likeness (QED) is 0.0488. The molecule has 0 spiro atoms. The molecule has 3 aromatic heterocycles. The number of para-hydroxylation sites is 3. The number of nitrogens with two attached hydrogens (primary N) is 4. The van der Waals surface area contributed by atoms with Gasteiger partial charge in [-0.3, -0.25) is 28.8 Å². The fourth-order valence-corrected chi connectivity index (χ4v) is 13.6. The molecular formula is C74H71N11O9S2. The lowest BCUT2D eigenvalue weighted by Crippen LogP contribution is -2.40. The van der Waals surface area contributed by atoms with Crippen LogP contribution in [0.1, 0.15) is 104 Å². The summed E-state index contributed by atoms with van der Waals surface area (Å²) < 4.78 is 19.1. The summed E-state index contributed by atoms with van der Waals surface area (Å²) in [6, 6.07) is 50.4. The maximum atomic E-state index is 12.3. The molecule has 3 atom stereocenters. The van der Waals surface area contributed by atoms with Crippen LogP contribution in [0.3, 0.4) is 0 Å². The number of aromatic nitrogens is 4. The van der Waals surface area contributed by atoms with Crippen LogP contribution in [0.2, 0.25) is 0 Å². The van der Waals surface area contributed by atoms with Crippen LogP contribution in [0, 0.1) is 23.7 Å². The Kier molecular flexibility index (Phi) is 22.5. The first kappa shape index (κ1) is 67.6. The van der Waals surface area contributed by atoms with Gasteiger partial charge in [-0.25, -0.2) is 14.6 Å². The van der Waals surface area contributed by atoms with Crippen LogP contribution in [0.5, 0.6) is 34.5 Å². The van der Waals surface area contributed by atoms with Crippen LogP contribution in [0.15, 0.2) is 176 Å². The Morgan fingerprint density at radius 3 is 1.50 bits per heavy atom. The van der Waals surface area contributed by atoms with Crippen molar-refractivity contribution < 1.29 is 43.0 Å². The summed E-state index contributed by atoms with van der Waals surface area (Å²) in [5, 5.41) is 6.25. The SMILES string of the molecule is C=CC(=O)N1CCC[C@@H](n2nc(-c3ccc(Oc4ccccc4)cc3)c(C(N)=O)c2N)C1.CC#CC(=O)N1CCC[C@@H](c2nc(-c3ccc(Oc4ccccc4)cc3)c(C(N)=O)s2)C1.CC#CC(=O)N1CCC[C@H]1Cc1nc(-c2ccc(Oc3ccccc3)cc2)c(C(N)=O)s1. The highest BCUT2D eigenvalue weighted by molar-refractivity contribution is 7.14. The van der Waals surface area contributed by atoms with Crippen molar-refractivity contribution >= 4 is 63.9 Å². The van der Waals surface area contributed by atoms with Crippen LogP contribution in [-0.4, -0.2) is 109 Å². The highest BCUT2D eigenvalue weighted by atomic mass is 32.1. The number of nitrogens with zero attached hydrogens (tertiary/aromatic N) is 7. The standard InChI is InChI=1S/2C25H23N3O3S.C24H25N5O3/c1-2-7-22(29)28-15-6-8-18(28)16-21-27-23(24(32-21)25(26)30)17-11-13-20(14-12-17)31-19-9-4-3-5-10-19;1-2-7-21(29)28-15-6-8-18(16-28)25-27-22(23(32-25)24(26)30)17-11-13-20(14-12-17)31-19-9-4-3-5-10-19;1-2-20(30)28-14-6-7-17(15-28)29-23(25)21(24(26)31)22(27-29)16-10-12-19(13-11-16)32-18-8-4-3-5-9-18/h2*3-5,9-14,18H,6,8,15-16H2,1H3,(H2,26,30);2-5,8-13,17H,1,6-7,14-15,25H2,(H2,26,31)/t2*18-;17-/m011/s1. The Bertz CT molecular complexity index is 4380. The summed E-state index contributed by atoms with van der Waals surface area (Å²) in [4.78, 5) is 88.6. The number of carbonyl (C=O) groups is 6. The largest absolute Gasteiger partial charge is 0.457 e. The van der Waals surface area contributed by atoms with Crippen molar-refractivity contribution in [2.45, 2.75) is 76.8 Å². The van der Waals surface area contributed by atoms with Gasteiger partial charge in [-0.05, 0) is 179 Å². The normalized spacial score (nSPS) is 15.5. The van der Waals surface area contributed by atoms with Gasteiger partial charge < -0.3 is 51.8 Å². The van der Waals surface area contributed by atoms with Crippen LogP contribution in [0.4, 0.5) is 5.82 Å². The number of benzene rings is 6. The number of ether oxygens (including phenoxy) is 3. The highest BCUT2D eigenvalue weighted by Crippen LogP contribution is 2.39. The second-order valence-corrected chi connectivity index (χ2v) is 24.7. The first-order valence-corrected chi connectivity index (χ1v) is 32.8. The van der Waals surface area contributed by atoms with E-state index in [1.165, 1.54) is 28.7 Å². The average molecular weight is 1320 g/mol. The Balaban J connectivity index is 0.000000157. The molecule has 488 valence electrons. The number of nitrogen functional groups attached to an aromatic ring is 1. The molecule has 9 aromatic rings. The molecule has 0 aliphatic carbocycles. The lowest BCUT2D eigenvalue weighted by molar-refractivity contribution is -0.128. The van der Waals surface area contributed by atoms with E-state index in [1.54, 1.807) is 45.4 Å². The van der Waals surface area contributed by atoms with E-state index in [1.807, 2.05) is 152 Å². The van der Waals surface area contributed by atoms with E-state index in [0.29, 0.717) is 88.8 Å². The van der Waals surface area contributed by atoms with Crippen LogP contribution in [0.25, 0.3) is 33.8 Å². The third-order valence-electron chi connectivity index (χ3n) is 16.1. The zero-order valence-corrected chi connectivity index (χ0v) is 54.7. The summed E-state index contributed by atoms with van der Waals surface area (Å²) in [6.45, 7) is 9.89. The molecule has 6 aromatic carbocycles. The molecule has 12 rings (SSSR count). The molecule has 3 saturated heterocycles. The number of anilines is 1. The van der Waals surface area contributed by atoms with E-state index in [0.717, 1.165) is 76.9 Å². The Labute approximate surface area is 564 Å².